The third-order valence-corrected chi connectivity index (χ3v) is 3.20. The van der Waals surface area contributed by atoms with E-state index >= 15 is 0 Å². The number of likely N-dealkylation sites (N-methyl/N-ethyl adjacent to an activating group) is 2. The zero-order valence-corrected chi connectivity index (χ0v) is 11.6. The smallest absolute Gasteiger partial charge is 0.270 e. The summed E-state index contributed by atoms with van der Waals surface area (Å²) < 4.78 is 0. The van der Waals surface area contributed by atoms with Crippen molar-refractivity contribution < 1.29 is 9.59 Å². The fourth-order valence-electron chi connectivity index (χ4n) is 2.04. The summed E-state index contributed by atoms with van der Waals surface area (Å²) in [5.74, 6) is -0.414. The molecule has 1 heterocycles. The number of hydrogen-bond donors (Lipinski definition) is 3. The molecule has 0 saturated heterocycles. The lowest BCUT2D eigenvalue weighted by Crippen LogP contribution is -2.39. The summed E-state index contributed by atoms with van der Waals surface area (Å²) in [7, 11) is 1.55. The minimum atomic E-state index is -0.216. The maximum atomic E-state index is 12.4. The minimum absolute atomic E-state index is 0.0384. The monoisotopic (exact) mass is 274 g/mol. The second-order valence-corrected chi connectivity index (χ2v) is 4.49. The average molecular weight is 274 g/mol. The summed E-state index contributed by atoms with van der Waals surface area (Å²) in [6, 6.07) is 7.24. The van der Waals surface area contributed by atoms with Gasteiger partial charge in [0.05, 0.1) is 17.7 Å². The number of aromatic amines is 1. The molecule has 0 fully saturated rings. The van der Waals surface area contributed by atoms with E-state index in [1.807, 2.05) is 19.1 Å². The Labute approximate surface area is 116 Å². The Balaban J connectivity index is 2.30. The highest BCUT2D eigenvalue weighted by Gasteiger charge is 2.19. The number of benzene rings is 1. The highest BCUT2D eigenvalue weighted by Crippen LogP contribution is 2.21. The Morgan fingerprint density at radius 3 is 2.75 bits per heavy atom. The number of rotatable bonds is 4. The first-order valence-electron chi connectivity index (χ1n) is 6.44. The number of H-pyrrole nitrogens is 1. The second kappa shape index (κ2) is 5.64. The van der Waals surface area contributed by atoms with E-state index in [0.717, 1.165) is 10.9 Å². The van der Waals surface area contributed by atoms with Crippen LogP contribution in [0.15, 0.2) is 24.3 Å². The highest BCUT2D eigenvalue weighted by molar-refractivity contribution is 6.01. The predicted octanol–water partition coefficient (Wildman–Crippen LogP) is 0.958. The SMILES string of the molecule is CCN(CC(=O)NC)C(=O)c1cc2cccc(N)c2[nH]1. The van der Waals surface area contributed by atoms with Gasteiger partial charge in [-0.2, -0.15) is 0 Å². The van der Waals surface area contributed by atoms with Crippen molar-refractivity contribution in [2.75, 3.05) is 25.9 Å². The lowest BCUT2D eigenvalue weighted by molar-refractivity contribution is -0.121. The van der Waals surface area contributed by atoms with Crippen LogP contribution in [0.3, 0.4) is 0 Å². The van der Waals surface area contributed by atoms with E-state index < -0.39 is 0 Å². The minimum Gasteiger partial charge on any atom is -0.397 e. The maximum absolute atomic E-state index is 12.4. The van der Waals surface area contributed by atoms with E-state index in [4.69, 9.17) is 5.73 Å². The van der Waals surface area contributed by atoms with Gasteiger partial charge in [-0.3, -0.25) is 9.59 Å². The third-order valence-electron chi connectivity index (χ3n) is 3.20. The number of fused-ring (bicyclic) bond motifs is 1. The molecule has 0 unspecified atom stereocenters. The highest BCUT2D eigenvalue weighted by atomic mass is 16.2. The van der Waals surface area contributed by atoms with Gasteiger partial charge in [0.1, 0.15) is 5.69 Å². The van der Waals surface area contributed by atoms with Crippen LogP contribution in [0.1, 0.15) is 17.4 Å². The van der Waals surface area contributed by atoms with E-state index in [2.05, 4.69) is 10.3 Å². The molecule has 20 heavy (non-hydrogen) atoms. The molecule has 2 aromatic rings. The van der Waals surface area contributed by atoms with Crippen LogP contribution in [0.2, 0.25) is 0 Å². The Hall–Kier alpha value is -2.50. The van der Waals surface area contributed by atoms with E-state index in [0.29, 0.717) is 17.9 Å². The molecule has 1 aromatic carbocycles. The molecule has 0 spiro atoms. The van der Waals surface area contributed by atoms with Crippen LogP contribution < -0.4 is 11.1 Å². The van der Waals surface area contributed by atoms with Gasteiger partial charge in [0.25, 0.3) is 5.91 Å². The van der Waals surface area contributed by atoms with E-state index in [-0.39, 0.29) is 18.4 Å². The number of nitrogens with zero attached hydrogens (tertiary/aromatic N) is 1. The molecule has 0 aliphatic rings. The van der Waals surface area contributed by atoms with Gasteiger partial charge in [0.2, 0.25) is 5.91 Å². The van der Waals surface area contributed by atoms with E-state index in [1.165, 1.54) is 4.90 Å². The fraction of sp³-hybridized carbons (Fsp3) is 0.286. The molecular weight excluding hydrogens is 256 g/mol. The number of carbonyl (C=O) groups excluding carboxylic acids is 2. The number of aromatic nitrogens is 1. The summed E-state index contributed by atoms with van der Waals surface area (Å²) >= 11 is 0. The number of hydrogen-bond acceptors (Lipinski definition) is 3. The van der Waals surface area contributed by atoms with Gasteiger partial charge in [-0.1, -0.05) is 12.1 Å². The zero-order chi connectivity index (χ0) is 14.7. The lowest BCUT2D eigenvalue weighted by Gasteiger charge is -2.18. The molecule has 6 nitrogen and oxygen atoms in total. The van der Waals surface area contributed by atoms with Crippen molar-refractivity contribution in [3.8, 4) is 0 Å². The number of carbonyl (C=O) groups is 2. The van der Waals surface area contributed by atoms with Crippen molar-refractivity contribution in [1.82, 2.24) is 15.2 Å². The van der Waals surface area contributed by atoms with E-state index in [1.54, 1.807) is 19.2 Å². The topological polar surface area (TPSA) is 91.2 Å². The molecule has 2 amide bonds. The summed E-state index contributed by atoms with van der Waals surface area (Å²) in [6.07, 6.45) is 0. The third kappa shape index (κ3) is 2.59. The number of nitrogen functional groups attached to an aromatic ring is 1. The summed E-state index contributed by atoms with van der Waals surface area (Å²) in [5, 5.41) is 3.39. The van der Waals surface area contributed by atoms with Crippen molar-refractivity contribution in [3.05, 3.63) is 30.0 Å². The van der Waals surface area contributed by atoms with Crippen LogP contribution in [0.25, 0.3) is 10.9 Å². The van der Waals surface area contributed by atoms with Crippen LogP contribution in [0.4, 0.5) is 5.69 Å². The molecule has 6 heteroatoms. The molecule has 0 saturated carbocycles. The largest absolute Gasteiger partial charge is 0.397 e. The van der Waals surface area contributed by atoms with Crippen molar-refractivity contribution in [2.45, 2.75) is 6.92 Å². The fourth-order valence-corrected chi connectivity index (χ4v) is 2.04. The maximum Gasteiger partial charge on any atom is 0.270 e. The summed E-state index contributed by atoms with van der Waals surface area (Å²) in [6.45, 7) is 2.33. The van der Waals surface area contributed by atoms with Gasteiger partial charge in [-0.15, -0.1) is 0 Å². The Morgan fingerprint density at radius 1 is 1.40 bits per heavy atom. The second-order valence-electron chi connectivity index (χ2n) is 4.49. The standard InChI is InChI=1S/C14H18N4O2/c1-3-18(8-12(19)16-2)14(20)11-7-9-5-4-6-10(15)13(9)17-11/h4-7,17H,3,8,15H2,1-2H3,(H,16,19). The first-order valence-corrected chi connectivity index (χ1v) is 6.44. The van der Waals surface area contributed by atoms with Crippen LogP contribution in [0.5, 0.6) is 0 Å². The average Bonchev–Trinajstić information content (AvgIpc) is 2.89. The van der Waals surface area contributed by atoms with Gasteiger partial charge in [-0.25, -0.2) is 0 Å². The molecule has 0 radical (unpaired) electrons. The van der Waals surface area contributed by atoms with Crippen LogP contribution >= 0.6 is 0 Å². The lowest BCUT2D eigenvalue weighted by atomic mass is 10.2. The normalized spacial score (nSPS) is 10.5. The molecule has 0 aliphatic heterocycles. The van der Waals surface area contributed by atoms with Gasteiger partial charge in [-0.05, 0) is 19.1 Å². The first kappa shape index (κ1) is 13.9. The first-order chi connectivity index (χ1) is 9.56. The number of amides is 2. The Kier molecular flexibility index (Phi) is 3.93. The van der Waals surface area contributed by atoms with Crippen molar-refractivity contribution in [2.24, 2.45) is 0 Å². The van der Waals surface area contributed by atoms with Crippen LogP contribution in [0, 0.1) is 0 Å². The van der Waals surface area contributed by atoms with Crippen molar-refractivity contribution >= 4 is 28.4 Å². The van der Waals surface area contributed by atoms with Crippen LogP contribution in [-0.2, 0) is 4.79 Å². The van der Waals surface area contributed by atoms with E-state index in [9.17, 15) is 9.59 Å². The molecule has 106 valence electrons. The van der Waals surface area contributed by atoms with Gasteiger partial charge in [0.15, 0.2) is 0 Å². The molecule has 0 bridgehead atoms. The molecule has 4 N–H and O–H groups in total. The molecule has 1 aromatic heterocycles. The Bertz CT molecular complexity index is 648. The summed E-state index contributed by atoms with van der Waals surface area (Å²) in [5.41, 5.74) is 7.63. The molecular formula is C14H18N4O2. The quantitative estimate of drug-likeness (QED) is 0.725. The summed E-state index contributed by atoms with van der Waals surface area (Å²) in [4.78, 5) is 28.3. The Morgan fingerprint density at radius 2 is 2.15 bits per heavy atom. The predicted molar refractivity (Wildman–Crippen MR) is 78.4 cm³/mol. The number of nitrogens with two attached hydrogens (primary N) is 1. The number of nitrogens with one attached hydrogen (secondary N) is 2. The molecule has 0 atom stereocenters. The number of anilines is 1. The number of para-hydroxylation sites is 1. The van der Waals surface area contributed by atoms with Crippen molar-refractivity contribution in [3.63, 3.8) is 0 Å². The zero-order valence-electron chi connectivity index (χ0n) is 11.6. The van der Waals surface area contributed by atoms with Crippen LogP contribution in [-0.4, -0.2) is 41.8 Å². The van der Waals surface area contributed by atoms with Gasteiger partial charge < -0.3 is 20.9 Å². The van der Waals surface area contributed by atoms with Gasteiger partial charge in [0, 0.05) is 19.0 Å². The molecule has 2 rings (SSSR count). The van der Waals surface area contributed by atoms with Gasteiger partial charge >= 0.3 is 0 Å². The molecule has 0 aliphatic carbocycles. The van der Waals surface area contributed by atoms with Crippen molar-refractivity contribution in [1.29, 1.82) is 0 Å².